The normalized spacial score (nSPS) is 33.4. The Hall–Kier alpha value is -4.04. The predicted molar refractivity (Wildman–Crippen MR) is 172 cm³/mol. The Morgan fingerprint density at radius 1 is 0.870 bits per heavy atom. The summed E-state index contributed by atoms with van der Waals surface area (Å²) in [7, 11) is 0. The van der Waals surface area contributed by atoms with Gasteiger partial charge in [-0.25, -0.2) is 9.59 Å². The summed E-state index contributed by atoms with van der Waals surface area (Å²) < 4.78 is 17.9. The summed E-state index contributed by atoms with van der Waals surface area (Å²) in [6.07, 6.45) is 0.305. The first-order valence-corrected chi connectivity index (χ1v) is 16.1. The van der Waals surface area contributed by atoms with Crippen molar-refractivity contribution in [3.63, 3.8) is 0 Å². The first-order valence-electron chi connectivity index (χ1n) is 16.1. The van der Waals surface area contributed by atoms with Gasteiger partial charge in [-0.15, -0.1) is 0 Å². The lowest BCUT2D eigenvalue weighted by Gasteiger charge is -2.45. The maximum Gasteiger partial charge on any atom is 0.338 e. The van der Waals surface area contributed by atoms with E-state index in [0.717, 1.165) is 0 Å². The molecule has 46 heavy (non-hydrogen) atoms. The van der Waals surface area contributed by atoms with Crippen LogP contribution in [0.15, 0.2) is 84.5 Å². The molecule has 0 heterocycles. The van der Waals surface area contributed by atoms with Gasteiger partial charge < -0.3 is 19.3 Å². The maximum atomic E-state index is 14.5. The molecule has 8 atom stereocenters. The van der Waals surface area contributed by atoms with E-state index < -0.39 is 59.4 Å². The lowest BCUT2D eigenvalue weighted by atomic mass is 9.65. The van der Waals surface area contributed by atoms with E-state index in [9.17, 15) is 24.3 Å². The third-order valence-electron chi connectivity index (χ3n) is 10.4. The predicted octanol–water partition coefficient (Wildman–Crippen LogP) is 6.28. The molecule has 1 N–H and O–H groups in total. The second kappa shape index (κ2) is 13.0. The topological polar surface area (TPSA) is 116 Å². The van der Waals surface area contributed by atoms with Crippen LogP contribution < -0.4 is 0 Å². The molecule has 2 fully saturated rings. The lowest BCUT2D eigenvalue weighted by molar-refractivity contribution is -0.160. The van der Waals surface area contributed by atoms with Crippen molar-refractivity contribution in [3.05, 3.63) is 95.6 Å². The number of Topliss-reactive ketones (excluding diaryl/α,β-unsaturated/α-hetero) is 1. The highest BCUT2D eigenvalue weighted by Gasteiger charge is 2.59. The van der Waals surface area contributed by atoms with Gasteiger partial charge in [-0.2, -0.15) is 0 Å². The number of ketones is 1. The number of carbonyl (C=O) groups excluding carboxylic acids is 4. The molecule has 2 aromatic rings. The molecule has 3 aliphatic rings. The van der Waals surface area contributed by atoms with Crippen LogP contribution in [0.1, 0.15) is 81.0 Å². The van der Waals surface area contributed by atoms with Crippen molar-refractivity contribution < 1.29 is 38.5 Å². The fourth-order valence-electron chi connectivity index (χ4n) is 7.51. The van der Waals surface area contributed by atoms with Crippen molar-refractivity contribution in [1.82, 2.24) is 0 Å². The molecule has 8 nitrogen and oxygen atoms in total. The molecule has 2 aromatic carbocycles. The number of carbonyl (C=O) groups is 4. The summed E-state index contributed by atoms with van der Waals surface area (Å²) in [6, 6.07) is 17.1. The van der Waals surface area contributed by atoms with Crippen LogP contribution in [0, 0.1) is 29.1 Å². The van der Waals surface area contributed by atoms with E-state index >= 15 is 0 Å². The molecule has 5 rings (SSSR count). The van der Waals surface area contributed by atoms with Gasteiger partial charge in [0.25, 0.3) is 0 Å². The van der Waals surface area contributed by atoms with Gasteiger partial charge in [-0.05, 0) is 79.2 Å². The Morgan fingerprint density at radius 2 is 1.43 bits per heavy atom. The molecule has 8 heteroatoms. The standard InChI is InChI=1S/C38H44O8/c1-22-21-38(43)23(2)19-30-29(37(30,5)6)17-18-31(45-35(41)26-13-9-7-10-14-26)24(3)32(44-25(4)39)20-28(34(38)40)33(22)46-36(42)27-15-11-8-12-16-27/h7-16,19,22,28-33,43H,3,17-18,20-21H2,1-2,4-6H3/b23-19+/t22-,28+,29-,30+,31+,32+,33-,38-/m0/s1. The molecule has 0 unspecified atom stereocenters. The minimum atomic E-state index is -1.79. The van der Waals surface area contributed by atoms with Crippen LogP contribution in [0.5, 0.6) is 0 Å². The van der Waals surface area contributed by atoms with Crippen LogP contribution in [0.3, 0.4) is 0 Å². The van der Waals surface area contributed by atoms with Gasteiger partial charge in [0, 0.05) is 18.9 Å². The minimum Gasteiger partial charge on any atom is -0.458 e. The van der Waals surface area contributed by atoms with E-state index in [1.807, 2.05) is 13.0 Å². The van der Waals surface area contributed by atoms with Crippen molar-refractivity contribution in [2.75, 3.05) is 0 Å². The molecule has 0 amide bonds. The molecular weight excluding hydrogens is 584 g/mol. The number of hydrogen-bond acceptors (Lipinski definition) is 8. The highest BCUT2D eigenvalue weighted by Crippen LogP contribution is 2.62. The summed E-state index contributed by atoms with van der Waals surface area (Å²) in [5, 5.41) is 12.1. The van der Waals surface area contributed by atoms with Gasteiger partial charge in [0.1, 0.15) is 23.9 Å². The highest BCUT2D eigenvalue weighted by atomic mass is 16.6. The molecule has 0 spiro atoms. The van der Waals surface area contributed by atoms with Gasteiger partial charge in [-0.1, -0.05) is 69.8 Å². The maximum absolute atomic E-state index is 14.5. The second-order valence-corrected chi connectivity index (χ2v) is 13.8. The molecule has 0 saturated heterocycles. The first-order chi connectivity index (χ1) is 21.7. The molecule has 2 saturated carbocycles. The molecule has 2 bridgehead atoms. The molecule has 0 aliphatic heterocycles. The average molecular weight is 629 g/mol. The molecule has 3 aliphatic carbocycles. The van der Waals surface area contributed by atoms with Crippen LogP contribution in [0.25, 0.3) is 0 Å². The van der Waals surface area contributed by atoms with E-state index in [0.29, 0.717) is 35.1 Å². The first kappa shape index (κ1) is 33.3. The van der Waals surface area contributed by atoms with Gasteiger partial charge in [-0.3, -0.25) is 9.59 Å². The highest BCUT2D eigenvalue weighted by molar-refractivity contribution is 5.95. The van der Waals surface area contributed by atoms with Crippen molar-refractivity contribution in [1.29, 1.82) is 0 Å². The van der Waals surface area contributed by atoms with Gasteiger partial charge >= 0.3 is 17.9 Å². The Balaban J connectivity index is 1.56. The third-order valence-corrected chi connectivity index (χ3v) is 10.4. The number of rotatable bonds is 5. The van der Waals surface area contributed by atoms with Crippen LogP contribution in [-0.2, 0) is 23.8 Å². The van der Waals surface area contributed by atoms with Crippen LogP contribution in [0.4, 0.5) is 0 Å². The van der Waals surface area contributed by atoms with Crippen molar-refractivity contribution in [3.8, 4) is 0 Å². The number of allylic oxidation sites excluding steroid dienone is 1. The largest absolute Gasteiger partial charge is 0.458 e. The zero-order chi connectivity index (χ0) is 33.4. The summed E-state index contributed by atoms with van der Waals surface area (Å²) >= 11 is 0. The minimum absolute atomic E-state index is 0.0751. The van der Waals surface area contributed by atoms with Crippen molar-refractivity contribution in [2.45, 2.75) is 84.2 Å². The lowest BCUT2D eigenvalue weighted by Crippen LogP contribution is -2.57. The summed E-state index contributed by atoms with van der Waals surface area (Å²) in [4.78, 5) is 53.5. The number of fused-ring (bicyclic) bond motifs is 3. The second-order valence-electron chi connectivity index (χ2n) is 13.8. The van der Waals surface area contributed by atoms with Crippen LogP contribution in [0.2, 0.25) is 0 Å². The number of aliphatic hydroxyl groups is 1. The number of benzene rings is 2. The van der Waals surface area contributed by atoms with E-state index in [1.54, 1.807) is 67.6 Å². The quantitative estimate of drug-likeness (QED) is 0.234. The smallest absolute Gasteiger partial charge is 0.338 e. The fraction of sp³-hybridized carbons (Fsp3) is 0.474. The van der Waals surface area contributed by atoms with E-state index in [-0.39, 0.29) is 30.1 Å². The van der Waals surface area contributed by atoms with Crippen LogP contribution in [-0.4, -0.2) is 52.7 Å². The van der Waals surface area contributed by atoms with E-state index in [2.05, 4.69) is 20.4 Å². The van der Waals surface area contributed by atoms with Crippen molar-refractivity contribution >= 4 is 23.7 Å². The molecular formula is C38H44O8. The van der Waals surface area contributed by atoms with Crippen LogP contribution >= 0.6 is 0 Å². The Morgan fingerprint density at radius 3 is 2.00 bits per heavy atom. The zero-order valence-corrected chi connectivity index (χ0v) is 27.2. The van der Waals surface area contributed by atoms with Gasteiger partial charge in [0.2, 0.25) is 0 Å². The fourth-order valence-corrected chi connectivity index (χ4v) is 7.51. The van der Waals surface area contributed by atoms with Crippen molar-refractivity contribution in [2.24, 2.45) is 29.1 Å². The Kier molecular flexibility index (Phi) is 9.41. The average Bonchev–Trinajstić information content (AvgIpc) is 3.55. The Labute approximate surface area is 270 Å². The zero-order valence-electron chi connectivity index (χ0n) is 27.2. The number of hydrogen-bond donors (Lipinski definition) is 1. The molecule has 0 radical (unpaired) electrons. The van der Waals surface area contributed by atoms with Gasteiger partial charge in [0.15, 0.2) is 5.78 Å². The third kappa shape index (κ3) is 6.59. The molecule has 244 valence electrons. The Bertz CT molecular complexity index is 1530. The summed E-state index contributed by atoms with van der Waals surface area (Å²) in [5.41, 5.74) is -0.293. The monoisotopic (exact) mass is 628 g/mol. The number of ether oxygens (including phenoxy) is 3. The SMILES string of the molecule is C=C1[C@H](OC(C)=O)C[C@H]2C(=O)[C@](O)(C[C@H](C)[C@@H]2OC(=O)c2ccccc2)/C(C)=C/[C@@H]2[C@H](CC[C@H]1OC(=O)c1ccccc1)C2(C)C. The van der Waals surface area contributed by atoms with E-state index in [4.69, 9.17) is 14.2 Å². The van der Waals surface area contributed by atoms with Gasteiger partial charge in [0.05, 0.1) is 17.0 Å². The molecule has 0 aromatic heterocycles. The van der Waals surface area contributed by atoms with E-state index in [1.165, 1.54) is 6.92 Å². The summed E-state index contributed by atoms with van der Waals surface area (Å²) in [5.74, 6) is -3.39. The summed E-state index contributed by atoms with van der Waals surface area (Å²) in [6.45, 7) is 13.5. The number of esters is 3.